The molecule has 3 heterocycles. The Hall–Kier alpha value is -2.45. The fourth-order valence-electron chi connectivity index (χ4n) is 3.59. The Morgan fingerprint density at radius 3 is 2.81 bits per heavy atom. The van der Waals surface area contributed by atoms with Gasteiger partial charge in [0.05, 0.1) is 18.6 Å². The molecule has 0 bridgehead atoms. The lowest BCUT2D eigenvalue weighted by molar-refractivity contribution is -0.113. The molecule has 2 aromatic heterocycles. The van der Waals surface area contributed by atoms with Gasteiger partial charge in [0.2, 0.25) is 11.9 Å². The number of thioether (sulfide) groups is 1. The highest BCUT2D eigenvalue weighted by Crippen LogP contribution is 2.28. The van der Waals surface area contributed by atoms with Gasteiger partial charge in [-0.2, -0.15) is 0 Å². The fraction of sp³-hybridized carbons (Fsp3) is 0.409. The smallest absolute Gasteiger partial charge is 0.234 e. The first kappa shape index (κ1) is 21.8. The number of hydrogen-bond donors (Lipinski definition) is 1. The molecule has 0 radical (unpaired) electrons. The molecule has 1 amide bonds. The zero-order valence-electron chi connectivity index (χ0n) is 17.7. The van der Waals surface area contributed by atoms with Crippen molar-refractivity contribution in [2.24, 2.45) is 5.92 Å². The van der Waals surface area contributed by atoms with Gasteiger partial charge in [-0.3, -0.25) is 9.36 Å². The number of rotatable bonds is 7. The molecule has 164 valence electrons. The number of hydrogen-bond acceptors (Lipinski definition) is 6. The van der Waals surface area contributed by atoms with Gasteiger partial charge in [0.25, 0.3) is 0 Å². The van der Waals surface area contributed by atoms with E-state index in [4.69, 9.17) is 16.0 Å². The van der Waals surface area contributed by atoms with E-state index in [1.807, 2.05) is 35.8 Å². The van der Waals surface area contributed by atoms with Crippen molar-refractivity contribution in [3.05, 3.63) is 52.9 Å². The van der Waals surface area contributed by atoms with Crippen LogP contribution in [0.25, 0.3) is 0 Å². The Kier molecular flexibility index (Phi) is 6.87. The molecule has 9 heteroatoms. The third-order valence-corrected chi connectivity index (χ3v) is 6.91. The molecule has 31 heavy (non-hydrogen) atoms. The molecule has 1 fully saturated rings. The molecule has 0 saturated carbocycles. The minimum Gasteiger partial charge on any atom is -0.467 e. The number of furan rings is 1. The van der Waals surface area contributed by atoms with E-state index >= 15 is 0 Å². The van der Waals surface area contributed by atoms with Crippen LogP contribution in [0.15, 0.2) is 46.2 Å². The number of nitrogens with zero attached hydrogens (tertiary/aromatic N) is 4. The highest BCUT2D eigenvalue weighted by atomic mass is 35.5. The van der Waals surface area contributed by atoms with Crippen molar-refractivity contribution in [2.75, 3.05) is 29.1 Å². The fourth-order valence-corrected chi connectivity index (χ4v) is 4.49. The van der Waals surface area contributed by atoms with Crippen LogP contribution >= 0.6 is 23.4 Å². The summed E-state index contributed by atoms with van der Waals surface area (Å²) in [6.07, 6.45) is 3.94. The summed E-state index contributed by atoms with van der Waals surface area (Å²) in [5.41, 5.74) is 1.57. The number of halogens is 1. The maximum Gasteiger partial charge on any atom is 0.234 e. The summed E-state index contributed by atoms with van der Waals surface area (Å²) < 4.78 is 7.59. The number of amides is 1. The average molecular weight is 460 g/mol. The van der Waals surface area contributed by atoms with E-state index in [1.165, 1.54) is 11.8 Å². The summed E-state index contributed by atoms with van der Waals surface area (Å²) in [4.78, 5) is 14.8. The summed E-state index contributed by atoms with van der Waals surface area (Å²) >= 11 is 7.52. The lowest BCUT2D eigenvalue weighted by atomic mass is 10.00. The number of aromatic nitrogens is 3. The molecule has 7 nitrogen and oxygen atoms in total. The lowest BCUT2D eigenvalue weighted by Gasteiger charge is -2.31. The molecule has 0 aliphatic carbocycles. The third kappa shape index (κ3) is 5.25. The van der Waals surface area contributed by atoms with Crippen molar-refractivity contribution in [3.8, 4) is 0 Å². The van der Waals surface area contributed by atoms with Crippen LogP contribution in [0.3, 0.4) is 0 Å². The number of piperidine rings is 1. The maximum absolute atomic E-state index is 12.6. The van der Waals surface area contributed by atoms with E-state index < -0.39 is 0 Å². The van der Waals surface area contributed by atoms with Crippen LogP contribution in [-0.4, -0.2) is 39.5 Å². The summed E-state index contributed by atoms with van der Waals surface area (Å²) in [5, 5.41) is 13.1. The first-order valence-corrected chi connectivity index (χ1v) is 11.8. The second kappa shape index (κ2) is 9.78. The van der Waals surface area contributed by atoms with Crippen LogP contribution in [0.2, 0.25) is 5.02 Å². The zero-order chi connectivity index (χ0) is 21.8. The molecular weight excluding hydrogens is 434 g/mol. The van der Waals surface area contributed by atoms with Crippen molar-refractivity contribution in [1.82, 2.24) is 14.8 Å². The highest BCUT2D eigenvalue weighted by molar-refractivity contribution is 7.99. The van der Waals surface area contributed by atoms with Gasteiger partial charge in [-0.1, -0.05) is 36.4 Å². The standard InChI is InChI=1S/C22H26ClN5O2S/c1-15-8-10-27(11-9-15)21-25-26-22(28(21)13-17-5-4-12-30-17)31-14-20(29)24-19-7-3-6-18(23)16(19)2/h3-7,12,15H,8-11,13-14H2,1-2H3,(H,24,29). The van der Waals surface area contributed by atoms with E-state index in [0.717, 1.165) is 54.8 Å². The molecule has 1 saturated heterocycles. The van der Waals surface area contributed by atoms with Gasteiger partial charge in [-0.15, -0.1) is 10.2 Å². The van der Waals surface area contributed by atoms with Gasteiger partial charge in [0, 0.05) is 23.8 Å². The second-order valence-corrected chi connectivity index (χ2v) is 9.22. The molecule has 1 aromatic carbocycles. The number of carbonyl (C=O) groups excluding carboxylic acids is 1. The molecule has 1 aliphatic heterocycles. The number of benzene rings is 1. The van der Waals surface area contributed by atoms with Gasteiger partial charge < -0.3 is 14.6 Å². The van der Waals surface area contributed by atoms with Crippen molar-refractivity contribution in [1.29, 1.82) is 0 Å². The van der Waals surface area contributed by atoms with Gasteiger partial charge in [-0.25, -0.2) is 0 Å². The van der Waals surface area contributed by atoms with Crippen molar-refractivity contribution in [2.45, 2.75) is 38.4 Å². The lowest BCUT2D eigenvalue weighted by Crippen LogP contribution is -2.35. The first-order chi connectivity index (χ1) is 15.0. The largest absolute Gasteiger partial charge is 0.467 e. The van der Waals surface area contributed by atoms with E-state index in [2.05, 4.69) is 27.3 Å². The van der Waals surface area contributed by atoms with Gasteiger partial charge in [0.1, 0.15) is 5.76 Å². The summed E-state index contributed by atoms with van der Waals surface area (Å²) in [6, 6.07) is 9.28. The van der Waals surface area contributed by atoms with Crippen LogP contribution < -0.4 is 10.2 Å². The number of nitrogens with one attached hydrogen (secondary N) is 1. The highest BCUT2D eigenvalue weighted by Gasteiger charge is 2.23. The second-order valence-electron chi connectivity index (χ2n) is 7.87. The molecule has 1 aliphatic rings. The predicted molar refractivity (Wildman–Crippen MR) is 124 cm³/mol. The quantitative estimate of drug-likeness (QED) is 0.509. The van der Waals surface area contributed by atoms with Gasteiger partial charge in [0.15, 0.2) is 5.16 Å². The maximum atomic E-state index is 12.6. The number of anilines is 2. The minimum atomic E-state index is -0.115. The Labute approximate surface area is 191 Å². The van der Waals surface area contributed by atoms with E-state index in [-0.39, 0.29) is 11.7 Å². The van der Waals surface area contributed by atoms with Crippen LogP contribution in [0.1, 0.15) is 31.1 Å². The Balaban J connectivity index is 1.48. The predicted octanol–water partition coefficient (Wildman–Crippen LogP) is 4.85. The summed E-state index contributed by atoms with van der Waals surface area (Å²) in [7, 11) is 0. The van der Waals surface area contributed by atoms with E-state index in [9.17, 15) is 4.79 Å². The van der Waals surface area contributed by atoms with Gasteiger partial charge >= 0.3 is 0 Å². The average Bonchev–Trinajstić information content (AvgIpc) is 3.41. The Bertz CT molecular complexity index is 1030. The minimum absolute atomic E-state index is 0.115. The van der Waals surface area contributed by atoms with Crippen molar-refractivity contribution < 1.29 is 9.21 Å². The normalized spacial score (nSPS) is 14.7. The Morgan fingerprint density at radius 1 is 1.26 bits per heavy atom. The van der Waals surface area contributed by atoms with Crippen molar-refractivity contribution >= 4 is 40.9 Å². The van der Waals surface area contributed by atoms with Crippen LogP contribution in [0.5, 0.6) is 0 Å². The molecule has 1 N–H and O–H groups in total. The van der Waals surface area contributed by atoms with E-state index in [1.54, 1.807) is 12.3 Å². The molecular formula is C22H26ClN5O2S. The Morgan fingerprint density at radius 2 is 2.06 bits per heavy atom. The first-order valence-electron chi connectivity index (χ1n) is 10.4. The van der Waals surface area contributed by atoms with Crippen LogP contribution in [0, 0.1) is 12.8 Å². The molecule has 0 spiro atoms. The monoisotopic (exact) mass is 459 g/mol. The van der Waals surface area contributed by atoms with Crippen LogP contribution in [0.4, 0.5) is 11.6 Å². The summed E-state index contributed by atoms with van der Waals surface area (Å²) in [5.74, 6) is 2.49. The summed E-state index contributed by atoms with van der Waals surface area (Å²) in [6.45, 7) is 6.61. The third-order valence-electron chi connectivity index (χ3n) is 5.53. The number of carbonyl (C=O) groups is 1. The molecule has 4 rings (SSSR count). The van der Waals surface area contributed by atoms with Crippen LogP contribution in [-0.2, 0) is 11.3 Å². The molecule has 3 aromatic rings. The van der Waals surface area contributed by atoms with Gasteiger partial charge in [-0.05, 0) is 55.5 Å². The molecule has 0 atom stereocenters. The van der Waals surface area contributed by atoms with E-state index in [0.29, 0.717) is 16.7 Å². The molecule has 0 unspecified atom stereocenters. The zero-order valence-corrected chi connectivity index (χ0v) is 19.2. The topological polar surface area (TPSA) is 76.2 Å². The SMILES string of the molecule is Cc1c(Cl)cccc1NC(=O)CSc1nnc(N2CCC(C)CC2)n1Cc1ccco1. The van der Waals surface area contributed by atoms with Crippen molar-refractivity contribution in [3.63, 3.8) is 0 Å².